The molecule has 3 N–H and O–H groups in total. The Morgan fingerprint density at radius 2 is 2.00 bits per heavy atom. The monoisotopic (exact) mass is 270 g/mol. The molecule has 0 aromatic heterocycles. The lowest BCUT2D eigenvalue weighted by Gasteiger charge is -2.27. The maximum atomic E-state index is 11.9. The first-order valence-corrected chi connectivity index (χ1v) is 7.37. The number of amides is 1. The fraction of sp³-hybridized carbons (Fsp3) is 0.929. The van der Waals surface area contributed by atoms with E-state index in [0.29, 0.717) is 18.6 Å². The van der Waals surface area contributed by atoms with Crippen LogP contribution in [-0.4, -0.2) is 67.6 Å². The summed E-state index contributed by atoms with van der Waals surface area (Å²) < 4.78 is 0. The lowest BCUT2D eigenvalue weighted by molar-refractivity contribution is -0.130. The van der Waals surface area contributed by atoms with E-state index >= 15 is 0 Å². The van der Waals surface area contributed by atoms with Crippen LogP contribution in [0, 0.1) is 0 Å². The molecule has 112 valence electrons. The molecule has 2 unspecified atom stereocenters. The minimum Gasteiger partial charge on any atom is -0.347 e. The van der Waals surface area contributed by atoms with Crippen molar-refractivity contribution in [2.24, 2.45) is 5.73 Å². The molecule has 2 atom stereocenters. The Kier molecular flexibility index (Phi) is 6.75. The summed E-state index contributed by atoms with van der Waals surface area (Å²) in [4.78, 5) is 16.0. The highest BCUT2D eigenvalue weighted by molar-refractivity contribution is 5.81. The van der Waals surface area contributed by atoms with Gasteiger partial charge in [0.2, 0.25) is 5.91 Å². The van der Waals surface area contributed by atoms with Gasteiger partial charge in [0, 0.05) is 39.3 Å². The zero-order chi connectivity index (χ0) is 14.4. The second-order valence-electron chi connectivity index (χ2n) is 5.93. The van der Waals surface area contributed by atoms with Crippen molar-refractivity contribution in [3.8, 4) is 0 Å². The molecule has 0 bridgehead atoms. The summed E-state index contributed by atoms with van der Waals surface area (Å²) in [5.41, 5.74) is 5.64. The molecule has 0 saturated carbocycles. The molecule has 5 heteroatoms. The second-order valence-corrected chi connectivity index (χ2v) is 5.93. The molecule has 1 aliphatic heterocycles. The summed E-state index contributed by atoms with van der Waals surface area (Å²) in [6.45, 7) is 7.12. The molecule has 1 heterocycles. The summed E-state index contributed by atoms with van der Waals surface area (Å²) in [6, 6.07) is 1.01. The summed E-state index contributed by atoms with van der Waals surface area (Å²) in [6.07, 6.45) is 3.15. The third kappa shape index (κ3) is 5.09. The van der Waals surface area contributed by atoms with Crippen LogP contribution >= 0.6 is 0 Å². The van der Waals surface area contributed by atoms with E-state index in [1.807, 2.05) is 14.1 Å². The van der Waals surface area contributed by atoms with Gasteiger partial charge in [-0.25, -0.2) is 0 Å². The number of nitrogens with two attached hydrogens (primary N) is 1. The van der Waals surface area contributed by atoms with Crippen LogP contribution in [-0.2, 0) is 4.79 Å². The van der Waals surface area contributed by atoms with Gasteiger partial charge in [0.25, 0.3) is 0 Å². The largest absolute Gasteiger partial charge is 0.347 e. The third-order valence-electron chi connectivity index (χ3n) is 3.89. The SMILES string of the molecule is CC(C)N(CCN)CCC1CCC(C(=O)N(C)C)N1. The highest BCUT2D eigenvalue weighted by Crippen LogP contribution is 2.17. The predicted octanol–water partition coefficient (Wildman–Crippen LogP) is 0.254. The van der Waals surface area contributed by atoms with E-state index in [-0.39, 0.29) is 11.9 Å². The highest BCUT2D eigenvalue weighted by atomic mass is 16.2. The molecular formula is C14H30N4O. The average molecular weight is 270 g/mol. The van der Waals surface area contributed by atoms with E-state index < -0.39 is 0 Å². The fourth-order valence-electron chi connectivity index (χ4n) is 2.67. The number of rotatable bonds is 7. The van der Waals surface area contributed by atoms with E-state index in [4.69, 9.17) is 5.73 Å². The van der Waals surface area contributed by atoms with E-state index in [1.54, 1.807) is 4.90 Å². The van der Waals surface area contributed by atoms with Crippen molar-refractivity contribution in [2.75, 3.05) is 33.7 Å². The lowest BCUT2D eigenvalue weighted by Crippen LogP contribution is -2.43. The molecule has 1 aliphatic rings. The Bertz CT molecular complexity index is 281. The molecule has 1 saturated heterocycles. The van der Waals surface area contributed by atoms with Crippen LogP contribution in [0.15, 0.2) is 0 Å². The molecule has 1 rings (SSSR count). The average Bonchev–Trinajstić information content (AvgIpc) is 2.81. The van der Waals surface area contributed by atoms with Crippen molar-refractivity contribution < 1.29 is 4.79 Å². The zero-order valence-electron chi connectivity index (χ0n) is 12.9. The van der Waals surface area contributed by atoms with Crippen LogP contribution in [0.5, 0.6) is 0 Å². The van der Waals surface area contributed by atoms with Gasteiger partial charge in [-0.05, 0) is 39.7 Å². The van der Waals surface area contributed by atoms with Crippen molar-refractivity contribution in [1.82, 2.24) is 15.1 Å². The summed E-state index contributed by atoms with van der Waals surface area (Å²) in [7, 11) is 3.64. The maximum Gasteiger partial charge on any atom is 0.239 e. The maximum absolute atomic E-state index is 11.9. The van der Waals surface area contributed by atoms with E-state index in [2.05, 4.69) is 24.1 Å². The minimum atomic E-state index is 0.0157. The van der Waals surface area contributed by atoms with Crippen LogP contribution in [0.3, 0.4) is 0 Å². The van der Waals surface area contributed by atoms with Crippen molar-refractivity contribution in [2.45, 2.75) is 51.2 Å². The van der Waals surface area contributed by atoms with E-state index in [1.165, 1.54) is 0 Å². The highest BCUT2D eigenvalue weighted by Gasteiger charge is 2.29. The Morgan fingerprint density at radius 3 is 2.53 bits per heavy atom. The molecule has 0 spiro atoms. The number of nitrogens with zero attached hydrogens (tertiary/aromatic N) is 2. The Labute approximate surface area is 117 Å². The number of carbonyl (C=O) groups excluding carboxylic acids is 1. The van der Waals surface area contributed by atoms with Crippen molar-refractivity contribution in [3.05, 3.63) is 0 Å². The van der Waals surface area contributed by atoms with Gasteiger partial charge < -0.3 is 16.0 Å². The fourth-order valence-corrected chi connectivity index (χ4v) is 2.67. The minimum absolute atomic E-state index is 0.0157. The van der Waals surface area contributed by atoms with Gasteiger partial charge >= 0.3 is 0 Å². The summed E-state index contributed by atoms with van der Waals surface area (Å²) in [5.74, 6) is 0.199. The third-order valence-corrected chi connectivity index (χ3v) is 3.89. The molecule has 1 amide bonds. The normalized spacial score (nSPS) is 23.3. The molecule has 0 aromatic carbocycles. The first-order valence-electron chi connectivity index (χ1n) is 7.37. The molecule has 1 fully saturated rings. The van der Waals surface area contributed by atoms with Gasteiger partial charge in [-0.2, -0.15) is 0 Å². The Balaban J connectivity index is 2.33. The number of hydrogen-bond donors (Lipinski definition) is 2. The molecule has 0 aliphatic carbocycles. The molecular weight excluding hydrogens is 240 g/mol. The van der Waals surface area contributed by atoms with Gasteiger partial charge in [0.1, 0.15) is 0 Å². The van der Waals surface area contributed by atoms with E-state index in [0.717, 1.165) is 32.4 Å². The Hall–Kier alpha value is -0.650. The van der Waals surface area contributed by atoms with Gasteiger partial charge in [-0.1, -0.05) is 0 Å². The quantitative estimate of drug-likeness (QED) is 0.696. The Morgan fingerprint density at radius 1 is 1.32 bits per heavy atom. The van der Waals surface area contributed by atoms with Crippen molar-refractivity contribution >= 4 is 5.91 Å². The number of nitrogens with one attached hydrogen (secondary N) is 1. The van der Waals surface area contributed by atoms with Crippen LogP contribution < -0.4 is 11.1 Å². The van der Waals surface area contributed by atoms with Crippen LogP contribution in [0.2, 0.25) is 0 Å². The summed E-state index contributed by atoms with van der Waals surface area (Å²) in [5, 5.41) is 3.46. The second kappa shape index (κ2) is 7.82. The van der Waals surface area contributed by atoms with Gasteiger partial charge in [0.15, 0.2) is 0 Å². The predicted molar refractivity (Wildman–Crippen MR) is 79.0 cm³/mol. The molecule has 5 nitrogen and oxygen atoms in total. The number of carbonyl (C=O) groups is 1. The van der Waals surface area contributed by atoms with E-state index in [9.17, 15) is 4.79 Å². The van der Waals surface area contributed by atoms with Crippen molar-refractivity contribution in [3.63, 3.8) is 0 Å². The smallest absolute Gasteiger partial charge is 0.239 e. The van der Waals surface area contributed by atoms with Gasteiger partial charge in [-0.3, -0.25) is 9.69 Å². The lowest BCUT2D eigenvalue weighted by atomic mass is 10.1. The van der Waals surface area contributed by atoms with Crippen LogP contribution in [0.25, 0.3) is 0 Å². The number of hydrogen-bond acceptors (Lipinski definition) is 4. The first-order chi connectivity index (χ1) is 8.95. The zero-order valence-corrected chi connectivity index (χ0v) is 12.9. The molecule has 0 radical (unpaired) electrons. The first kappa shape index (κ1) is 16.4. The van der Waals surface area contributed by atoms with Gasteiger partial charge in [-0.15, -0.1) is 0 Å². The van der Waals surface area contributed by atoms with Crippen LogP contribution in [0.1, 0.15) is 33.1 Å². The standard InChI is InChI=1S/C14H30N4O/c1-11(2)18(10-8-15)9-7-12-5-6-13(16-12)14(19)17(3)4/h11-13,16H,5-10,15H2,1-4H3. The van der Waals surface area contributed by atoms with Gasteiger partial charge in [0.05, 0.1) is 6.04 Å². The van der Waals surface area contributed by atoms with Crippen molar-refractivity contribution in [1.29, 1.82) is 0 Å². The molecule has 19 heavy (non-hydrogen) atoms. The summed E-state index contributed by atoms with van der Waals surface area (Å²) >= 11 is 0. The topological polar surface area (TPSA) is 61.6 Å². The number of likely N-dealkylation sites (N-methyl/N-ethyl adjacent to an activating group) is 1. The van der Waals surface area contributed by atoms with Crippen LogP contribution in [0.4, 0.5) is 0 Å². The molecule has 0 aromatic rings.